The molecule has 2 rings (SSSR count). The lowest BCUT2D eigenvalue weighted by Gasteiger charge is -2.13. The number of rotatable bonds is 2. The monoisotopic (exact) mass is 213 g/mol. The maximum Gasteiger partial charge on any atom is 0.482 e. The van der Waals surface area contributed by atoms with Crippen molar-refractivity contribution in [2.75, 3.05) is 0 Å². The summed E-state index contributed by atoms with van der Waals surface area (Å²) in [6.07, 6.45) is 0.634. The van der Waals surface area contributed by atoms with Gasteiger partial charge in [-0.15, -0.1) is 0 Å². The third-order valence-electron chi connectivity index (χ3n) is 2.33. The number of hydrogen-bond acceptors (Lipinski definition) is 1. The van der Waals surface area contributed by atoms with E-state index in [1.54, 1.807) is 23.9 Å². The average Bonchev–Trinajstić information content (AvgIpc) is 2.47. The highest BCUT2D eigenvalue weighted by atomic mass is 19.4. The Kier molecular flexibility index (Phi) is 2.21. The maximum atomic E-state index is 12.3. The molecule has 0 saturated heterocycles. The molecule has 0 radical (unpaired) electrons. The Morgan fingerprint density at radius 3 is 2.73 bits per heavy atom. The molecular formula is C9H9BF3N2-. The van der Waals surface area contributed by atoms with Gasteiger partial charge in [0.2, 0.25) is 0 Å². The number of aryl methyl sites for hydroxylation is 1. The minimum Gasteiger partial charge on any atom is -0.449 e. The van der Waals surface area contributed by atoms with Crippen LogP contribution in [0.5, 0.6) is 0 Å². The second-order valence-corrected chi connectivity index (χ2v) is 3.53. The molecule has 0 aliphatic rings. The molecule has 15 heavy (non-hydrogen) atoms. The van der Waals surface area contributed by atoms with Crippen molar-refractivity contribution in [3.63, 3.8) is 0 Å². The predicted molar refractivity (Wildman–Crippen MR) is 53.5 cm³/mol. The summed E-state index contributed by atoms with van der Waals surface area (Å²) in [5.41, 5.74) is 1.03. The van der Waals surface area contributed by atoms with Gasteiger partial charge in [0.05, 0.1) is 11.7 Å². The van der Waals surface area contributed by atoms with Crippen LogP contribution in [0.25, 0.3) is 10.9 Å². The zero-order valence-corrected chi connectivity index (χ0v) is 8.12. The van der Waals surface area contributed by atoms with E-state index in [4.69, 9.17) is 0 Å². The fraction of sp³-hybridized carbons (Fsp3) is 0.222. The van der Waals surface area contributed by atoms with Crippen LogP contribution in [0.3, 0.4) is 0 Å². The van der Waals surface area contributed by atoms with Gasteiger partial charge < -0.3 is 12.9 Å². The van der Waals surface area contributed by atoms with Crippen molar-refractivity contribution in [1.29, 1.82) is 0 Å². The van der Waals surface area contributed by atoms with E-state index < -0.39 is 13.3 Å². The molecule has 80 valence electrons. The summed E-state index contributed by atoms with van der Waals surface area (Å²) in [7, 11) is 1.71. The minimum absolute atomic E-state index is 0.299. The molecule has 2 aromatic rings. The number of nitrogens with zero attached hydrogens (tertiary/aromatic N) is 2. The summed E-state index contributed by atoms with van der Waals surface area (Å²) >= 11 is 0. The van der Waals surface area contributed by atoms with Crippen LogP contribution in [0, 0.1) is 0 Å². The molecule has 0 bridgehead atoms. The second kappa shape index (κ2) is 3.29. The lowest BCUT2D eigenvalue weighted by Crippen LogP contribution is -2.19. The van der Waals surface area contributed by atoms with E-state index in [1.807, 2.05) is 0 Å². The van der Waals surface area contributed by atoms with Gasteiger partial charge in [0.25, 0.3) is 0 Å². The number of fused-ring (bicyclic) bond motifs is 1. The van der Waals surface area contributed by atoms with Crippen LogP contribution in [0.2, 0.25) is 0 Å². The third kappa shape index (κ3) is 1.98. The number of hydrogen-bond donors (Lipinski definition) is 0. The first-order valence-electron chi connectivity index (χ1n) is 4.58. The highest BCUT2D eigenvalue weighted by Gasteiger charge is 2.24. The summed E-state index contributed by atoms with van der Waals surface area (Å²) in [5, 5.41) is 4.53. The molecule has 0 saturated carbocycles. The topological polar surface area (TPSA) is 17.8 Å². The van der Waals surface area contributed by atoms with Crippen molar-refractivity contribution >= 4 is 17.9 Å². The molecule has 0 atom stereocenters. The van der Waals surface area contributed by atoms with Gasteiger partial charge >= 0.3 is 6.98 Å². The predicted octanol–water partition coefficient (Wildman–Crippen LogP) is 2.50. The van der Waals surface area contributed by atoms with Crippen LogP contribution in [0.15, 0.2) is 24.4 Å². The van der Waals surface area contributed by atoms with Crippen LogP contribution < -0.4 is 0 Å². The molecule has 1 aromatic heterocycles. The van der Waals surface area contributed by atoms with E-state index in [2.05, 4.69) is 5.10 Å². The lowest BCUT2D eigenvalue weighted by molar-refractivity contribution is 0.469. The molecule has 2 nitrogen and oxygen atoms in total. The zero-order chi connectivity index (χ0) is 11.1. The Morgan fingerprint density at radius 1 is 1.33 bits per heavy atom. The van der Waals surface area contributed by atoms with E-state index >= 15 is 0 Å². The Labute approximate surface area is 84.8 Å². The second-order valence-electron chi connectivity index (χ2n) is 3.53. The Balaban J connectivity index is 2.52. The molecule has 0 N–H and O–H groups in total. The summed E-state index contributed by atoms with van der Waals surface area (Å²) in [4.78, 5) is 0. The van der Waals surface area contributed by atoms with Gasteiger partial charge in [-0.25, -0.2) is 0 Å². The largest absolute Gasteiger partial charge is 0.482 e. The Morgan fingerprint density at radius 2 is 2.07 bits per heavy atom. The zero-order valence-electron chi connectivity index (χ0n) is 8.12. The maximum absolute atomic E-state index is 12.3. The number of aromatic nitrogens is 2. The van der Waals surface area contributed by atoms with Crippen molar-refractivity contribution in [2.45, 2.75) is 6.32 Å². The standard InChI is InChI=1S/C9H9BF3N2/c1-15-9-4-2-3-7(5-10(11,12)13)8(9)6-14-15/h2-4,6H,5H2,1H3/q-1. The van der Waals surface area contributed by atoms with E-state index in [1.165, 1.54) is 12.3 Å². The van der Waals surface area contributed by atoms with Crippen molar-refractivity contribution < 1.29 is 12.9 Å². The van der Waals surface area contributed by atoms with Crippen LogP contribution in [-0.4, -0.2) is 16.8 Å². The molecule has 1 aromatic carbocycles. The average molecular weight is 213 g/mol. The van der Waals surface area contributed by atoms with Crippen molar-refractivity contribution in [3.05, 3.63) is 30.0 Å². The molecule has 0 spiro atoms. The third-order valence-corrected chi connectivity index (χ3v) is 2.33. The molecule has 6 heteroatoms. The van der Waals surface area contributed by atoms with E-state index in [0.717, 1.165) is 5.52 Å². The van der Waals surface area contributed by atoms with Crippen molar-refractivity contribution in [1.82, 2.24) is 9.78 Å². The quantitative estimate of drug-likeness (QED) is 0.700. The minimum atomic E-state index is -4.79. The van der Waals surface area contributed by atoms with Gasteiger partial charge in [0.1, 0.15) is 0 Å². The summed E-state index contributed by atoms with van der Waals surface area (Å²) in [5.74, 6) is 0. The van der Waals surface area contributed by atoms with Gasteiger partial charge in [0, 0.05) is 12.4 Å². The molecule has 0 aliphatic heterocycles. The highest BCUT2D eigenvalue weighted by molar-refractivity contribution is 6.58. The van der Waals surface area contributed by atoms with Crippen molar-refractivity contribution in [2.24, 2.45) is 7.05 Å². The van der Waals surface area contributed by atoms with Gasteiger partial charge in [-0.05, 0) is 6.07 Å². The summed E-state index contributed by atoms with van der Waals surface area (Å²) in [6.45, 7) is -4.79. The fourth-order valence-corrected chi connectivity index (χ4v) is 1.66. The molecule has 0 unspecified atom stereocenters. The number of halogens is 3. The normalized spacial score (nSPS) is 12.3. The molecule has 0 aliphatic carbocycles. The van der Waals surface area contributed by atoms with E-state index in [0.29, 0.717) is 10.9 Å². The Hall–Kier alpha value is -1.46. The van der Waals surface area contributed by atoms with Gasteiger partial charge in [0.15, 0.2) is 0 Å². The molecule has 0 amide bonds. The first-order valence-corrected chi connectivity index (χ1v) is 4.58. The highest BCUT2D eigenvalue weighted by Crippen LogP contribution is 2.23. The van der Waals surface area contributed by atoms with Crippen LogP contribution >= 0.6 is 0 Å². The lowest BCUT2D eigenvalue weighted by atomic mass is 9.81. The van der Waals surface area contributed by atoms with E-state index in [9.17, 15) is 12.9 Å². The molecular weight excluding hydrogens is 204 g/mol. The SMILES string of the molecule is Cn1ncc2c(C[B-](F)(F)F)cccc21. The van der Waals surface area contributed by atoms with Crippen molar-refractivity contribution in [3.8, 4) is 0 Å². The van der Waals surface area contributed by atoms with E-state index in [-0.39, 0.29) is 0 Å². The van der Waals surface area contributed by atoms with Crippen LogP contribution in [-0.2, 0) is 13.4 Å². The summed E-state index contributed by atoms with van der Waals surface area (Å²) < 4.78 is 38.5. The van der Waals surface area contributed by atoms with Crippen LogP contribution in [0.4, 0.5) is 12.9 Å². The van der Waals surface area contributed by atoms with Crippen LogP contribution in [0.1, 0.15) is 5.56 Å². The number of benzene rings is 1. The van der Waals surface area contributed by atoms with Gasteiger partial charge in [-0.2, -0.15) is 5.10 Å². The summed E-state index contributed by atoms with van der Waals surface area (Å²) in [6, 6.07) is 4.88. The van der Waals surface area contributed by atoms with Gasteiger partial charge in [-0.1, -0.05) is 24.0 Å². The smallest absolute Gasteiger partial charge is 0.449 e. The Bertz CT molecular complexity index is 490. The molecule has 1 heterocycles. The van der Waals surface area contributed by atoms with Gasteiger partial charge in [-0.3, -0.25) is 4.68 Å². The first-order chi connectivity index (χ1) is 6.97. The molecule has 0 fully saturated rings. The first kappa shape index (κ1) is 10.1. The fourth-order valence-electron chi connectivity index (χ4n) is 1.66.